The summed E-state index contributed by atoms with van der Waals surface area (Å²) in [4.78, 5) is 26.3. The number of fused-ring (bicyclic) bond motifs is 3. The molecule has 0 saturated carbocycles. The van der Waals surface area contributed by atoms with Crippen LogP contribution in [0, 0.1) is 5.82 Å². The highest BCUT2D eigenvalue weighted by molar-refractivity contribution is 7.99. The Morgan fingerprint density at radius 1 is 0.975 bits per heavy atom. The summed E-state index contributed by atoms with van der Waals surface area (Å²) in [6.45, 7) is -0.154. The first-order valence-electron chi connectivity index (χ1n) is 11.4. The average Bonchev–Trinajstić information content (AvgIpc) is 2.88. The molecule has 0 radical (unpaired) electrons. The van der Waals surface area contributed by atoms with Crippen molar-refractivity contribution in [2.24, 2.45) is 0 Å². The summed E-state index contributed by atoms with van der Waals surface area (Å²) in [6, 6.07) is 12.9. The van der Waals surface area contributed by atoms with Gasteiger partial charge in [0.1, 0.15) is 16.1 Å². The van der Waals surface area contributed by atoms with Crippen LogP contribution in [0.3, 0.4) is 0 Å². The second-order valence-corrected chi connectivity index (χ2v) is 12.0. The van der Waals surface area contributed by atoms with Crippen LogP contribution in [0.5, 0.6) is 5.75 Å². The van der Waals surface area contributed by atoms with E-state index in [2.05, 4.69) is 0 Å². The lowest BCUT2D eigenvalue weighted by Gasteiger charge is -2.15. The molecule has 0 spiro atoms. The third-order valence-electron chi connectivity index (χ3n) is 6.11. The van der Waals surface area contributed by atoms with Crippen molar-refractivity contribution in [2.45, 2.75) is 27.4 Å². The van der Waals surface area contributed by atoms with Gasteiger partial charge in [0.15, 0.2) is 21.2 Å². The molecule has 0 fully saturated rings. The predicted octanol–water partition coefficient (Wildman–Crippen LogP) is 5.57. The molecule has 2 aromatic heterocycles. The second kappa shape index (κ2) is 9.82. The molecular weight excluding hydrogens is 574 g/mol. The van der Waals surface area contributed by atoms with Crippen LogP contribution in [0.25, 0.3) is 21.9 Å². The van der Waals surface area contributed by atoms with Crippen LogP contribution in [0.2, 0.25) is 0 Å². The molecule has 2 heterocycles. The third kappa shape index (κ3) is 5.09. The van der Waals surface area contributed by atoms with E-state index in [-0.39, 0.29) is 32.8 Å². The molecule has 0 bridgehead atoms. The molecule has 3 aromatic carbocycles. The van der Waals surface area contributed by atoms with Crippen LogP contribution in [-0.4, -0.2) is 24.3 Å². The van der Waals surface area contributed by atoms with Gasteiger partial charge in [-0.2, -0.15) is 13.2 Å². The normalized spacial score (nSPS) is 12.3. The van der Waals surface area contributed by atoms with Crippen LogP contribution in [0.4, 0.5) is 17.6 Å². The first kappa shape index (κ1) is 27.5. The summed E-state index contributed by atoms with van der Waals surface area (Å²) in [7, 11) is -3.71. The lowest BCUT2D eigenvalue weighted by molar-refractivity contribution is -0.137. The molecule has 40 heavy (non-hydrogen) atoms. The van der Waals surface area contributed by atoms with Crippen molar-refractivity contribution >= 4 is 43.5 Å². The fourth-order valence-electron chi connectivity index (χ4n) is 4.15. The zero-order valence-corrected chi connectivity index (χ0v) is 22.0. The van der Waals surface area contributed by atoms with Crippen molar-refractivity contribution in [3.8, 4) is 5.75 Å². The molecule has 7 nitrogen and oxygen atoms in total. The van der Waals surface area contributed by atoms with Crippen molar-refractivity contribution in [1.29, 1.82) is 0 Å². The number of rotatable bonds is 5. The second-order valence-electron chi connectivity index (χ2n) is 8.86. The Kier molecular flexibility index (Phi) is 6.74. The van der Waals surface area contributed by atoms with Gasteiger partial charge < -0.3 is 14.1 Å². The minimum absolute atomic E-state index is 0.0791. The number of aromatic hydroxyl groups is 1. The Hall–Kier alpha value is -4.10. The van der Waals surface area contributed by atoms with Crippen molar-refractivity contribution in [3.05, 3.63) is 104 Å². The molecule has 206 valence electrons. The van der Waals surface area contributed by atoms with Gasteiger partial charge >= 0.3 is 11.8 Å². The number of alkyl halides is 3. The molecule has 0 aliphatic rings. The minimum Gasteiger partial charge on any atom is -0.505 e. The molecule has 0 aliphatic carbocycles. The van der Waals surface area contributed by atoms with E-state index in [9.17, 15) is 40.7 Å². The van der Waals surface area contributed by atoms with Gasteiger partial charge in [-0.3, -0.25) is 4.79 Å². The van der Waals surface area contributed by atoms with E-state index < -0.39 is 54.6 Å². The smallest absolute Gasteiger partial charge is 0.416 e. The van der Waals surface area contributed by atoms with Gasteiger partial charge in [-0.15, -0.1) is 0 Å². The minimum atomic E-state index is -4.57. The summed E-state index contributed by atoms with van der Waals surface area (Å²) < 4.78 is 83.3. The van der Waals surface area contributed by atoms with Crippen LogP contribution in [-0.2, 0) is 22.6 Å². The Balaban J connectivity index is 1.75. The topological polar surface area (TPSA) is 107 Å². The maximum Gasteiger partial charge on any atom is 0.416 e. The summed E-state index contributed by atoms with van der Waals surface area (Å²) in [6.07, 6.45) is -3.59. The van der Waals surface area contributed by atoms with Crippen LogP contribution in [0.15, 0.2) is 95.4 Å². The standard InChI is InChI=1S/C27H17F4NO6S2/c1-40(36,37)18-10-11-19-20(12-18)32(13-14-2-6-16(28)7-3-14)25(34)21-22(33)24(26(35)38-23(19)21)39-17-8-4-15(5-9-17)27(29,30)31/h2-12,33H,13H2,1H3. The summed E-state index contributed by atoms with van der Waals surface area (Å²) in [5.74, 6) is -1.26. The lowest BCUT2D eigenvalue weighted by Crippen LogP contribution is -2.23. The number of pyridine rings is 1. The van der Waals surface area contributed by atoms with E-state index in [1.54, 1.807) is 0 Å². The van der Waals surface area contributed by atoms with E-state index in [0.717, 1.165) is 35.1 Å². The number of sulfone groups is 1. The maximum absolute atomic E-state index is 13.7. The number of hydrogen-bond donors (Lipinski definition) is 1. The largest absolute Gasteiger partial charge is 0.505 e. The number of halogens is 4. The Morgan fingerprint density at radius 2 is 1.62 bits per heavy atom. The van der Waals surface area contributed by atoms with E-state index in [1.165, 1.54) is 42.5 Å². The van der Waals surface area contributed by atoms with Crippen molar-refractivity contribution < 1.29 is 35.5 Å². The SMILES string of the molecule is CS(=O)(=O)c1ccc2c3oc(=O)c(Sc4ccc(C(F)(F)F)cc4)c(O)c3c(=O)n(Cc3ccc(F)cc3)c2c1. The maximum atomic E-state index is 13.7. The summed E-state index contributed by atoms with van der Waals surface area (Å²) >= 11 is 0.614. The molecule has 1 N–H and O–H groups in total. The molecule has 0 amide bonds. The summed E-state index contributed by atoms with van der Waals surface area (Å²) in [5.41, 5.74) is -2.54. The van der Waals surface area contributed by atoms with Gasteiger partial charge in [-0.05, 0) is 60.2 Å². The van der Waals surface area contributed by atoms with E-state index >= 15 is 0 Å². The molecule has 0 atom stereocenters. The lowest BCUT2D eigenvalue weighted by atomic mass is 10.1. The first-order chi connectivity index (χ1) is 18.7. The van der Waals surface area contributed by atoms with E-state index in [4.69, 9.17) is 4.42 Å². The van der Waals surface area contributed by atoms with Crippen molar-refractivity contribution in [1.82, 2.24) is 4.57 Å². The summed E-state index contributed by atoms with van der Waals surface area (Å²) in [5, 5.41) is 10.9. The van der Waals surface area contributed by atoms with E-state index in [1.807, 2.05) is 0 Å². The molecular formula is C27H17F4NO6S2. The molecule has 0 unspecified atom stereocenters. The highest BCUT2D eigenvalue weighted by atomic mass is 32.2. The van der Waals surface area contributed by atoms with Gasteiger partial charge in [-0.1, -0.05) is 23.9 Å². The van der Waals surface area contributed by atoms with Crippen LogP contribution >= 0.6 is 11.8 Å². The van der Waals surface area contributed by atoms with Gasteiger partial charge in [0.25, 0.3) is 5.56 Å². The average molecular weight is 592 g/mol. The van der Waals surface area contributed by atoms with E-state index in [0.29, 0.717) is 17.3 Å². The quantitative estimate of drug-likeness (QED) is 0.210. The van der Waals surface area contributed by atoms with Crippen molar-refractivity contribution in [3.63, 3.8) is 0 Å². The third-order valence-corrected chi connectivity index (χ3v) is 8.29. The number of nitrogens with zero attached hydrogens (tertiary/aromatic N) is 1. The zero-order valence-electron chi connectivity index (χ0n) is 20.3. The number of hydrogen-bond acceptors (Lipinski definition) is 7. The Bertz CT molecular complexity index is 2020. The predicted molar refractivity (Wildman–Crippen MR) is 140 cm³/mol. The fraction of sp³-hybridized carbons (Fsp3) is 0.111. The monoisotopic (exact) mass is 591 g/mol. The van der Waals surface area contributed by atoms with Gasteiger partial charge in [0.05, 0.1) is 22.5 Å². The zero-order chi connectivity index (χ0) is 29.0. The van der Waals surface area contributed by atoms with Gasteiger partial charge in [0.2, 0.25) is 0 Å². The Labute approximate surface area is 227 Å². The van der Waals surface area contributed by atoms with Gasteiger partial charge in [0, 0.05) is 16.5 Å². The molecule has 5 rings (SSSR count). The molecule has 0 saturated heterocycles. The highest BCUT2D eigenvalue weighted by Gasteiger charge is 2.30. The highest BCUT2D eigenvalue weighted by Crippen LogP contribution is 2.38. The van der Waals surface area contributed by atoms with Crippen molar-refractivity contribution in [2.75, 3.05) is 6.26 Å². The number of aromatic nitrogens is 1. The molecule has 13 heteroatoms. The first-order valence-corrected chi connectivity index (χ1v) is 14.1. The molecule has 5 aromatic rings. The van der Waals surface area contributed by atoms with Gasteiger partial charge in [-0.25, -0.2) is 17.6 Å². The fourth-order valence-corrected chi connectivity index (χ4v) is 5.62. The Morgan fingerprint density at radius 3 is 2.23 bits per heavy atom. The number of benzene rings is 3. The van der Waals surface area contributed by atoms with Crippen LogP contribution in [0.1, 0.15) is 11.1 Å². The molecule has 0 aliphatic heterocycles. The van der Waals surface area contributed by atoms with Crippen LogP contribution < -0.4 is 11.2 Å².